The van der Waals surface area contributed by atoms with E-state index in [1.807, 2.05) is 44.2 Å². The van der Waals surface area contributed by atoms with Crippen molar-refractivity contribution >= 4 is 39.9 Å². The summed E-state index contributed by atoms with van der Waals surface area (Å²) in [5.41, 5.74) is 2.56. The fourth-order valence-corrected chi connectivity index (χ4v) is 4.85. The number of carbonyl (C=O) groups excluding carboxylic acids is 1. The summed E-state index contributed by atoms with van der Waals surface area (Å²) in [5, 5.41) is 3.75. The van der Waals surface area contributed by atoms with Crippen molar-refractivity contribution in [3.8, 4) is 0 Å². The third-order valence-electron chi connectivity index (χ3n) is 5.65. The molecule has 0 aliphatic carbocycles. The molecule has 1 unspecified atom stereocenters. The van der Waals surface area contributed by atoms with Gasteiger partial charge in [0.2, 0.25) is 5.91 Å². The van der Waals surface area contributed by atoms with Crippen LogP contribution in [0, 0.1) is 0 Å². The zero-order valence-corrected chi connectivity index (χ0v) is 18.8. The summed E-state index contributed by atoms with van der Waals surface area (Å²) in [5.74, 6) is -0.110. The Hall–Kier alpha value is -2.80. The first-order valence-corrected chi connectivity index (χ1v) is 11.8. The molecule has 31 heavy (non-hydrogen) atoms. The largest absolute Gasteiger partial charge is 0.372 e. The molecule has 7 heteroatoms. The van der Waals surface area contributed by atoms with E-state index in [4.69, 9.17) is 0 Å². The molecular formula is C24H28N4O2S. The van der Waals surface area contributed by atoms with Crippen LogP contribution in [0.4, 0.5) is 11.4 Å². The molecule has 2 aromatic carbocycles. The standard InChI is InChI=1S/C24H28N4O2S/c1-3-28-23(30)20-9-5-6-10-21(20)26-24(28)31-17(2)22(29)25-18-11-13-19(14-12-18)27-15-7-4-8-16-27/h5-6,9-14,17H,3-4,7-8,15-16H2,1-2H3,(H,25,29). The second-order valence-electron chi connectivity index (χ2n) is 7.80. The summed E-state index contributed by atoms with van der Waals surface area (Å²) in [6, 6.07) is 15.4. The predicted octanol–water partition coefficient (Wildman–Crippen LogP) is 4.53. The maximum Gasteiger partial charge on any atom is 0.262 e. The van der Waals surface area contributed by atoms with Gasteiger partial charge in [0.25, 0.3) is 5.56 Å². The van der Waals surface area contributed by atoms with E-state index in [1.54, 1.807) is 10.6 Å². The molecule has 1 atom stereocenters. The molecule has 0 bridgehead atoms. The van der Waals surface area contributed by atoms with Gasteiger partial charge in [-0.15, -0.1) is 0 Å². The minimum Gasteiger partial charge on any atom is -0.372 e. The number of nitrogens with one attached hydrogen (secondary N) is 1. The highest BCUT2D eigenvalue weighted by Gasteiger charge is 2.19. The number of amides is 1. The van der Waals surface area contributed by atoms with Crippen LogP contribution < -0.4 is 15.8 Å². The SMILES string of the molecule is CCn1c(SC(C)C(=O)Nc2ccc(N3CCCCC3)cc2)nc2ccccc2c1=O. The highest BCUT2D eigenvalue weighted by atomic mass is 32.2. The Morgan fingerprint density at radius 3 is 2.52 bits per heavy atom. The van der Waals surface area contributed by atoms with Crippen molar-refractivity contribution in [1.29, 1.82) is 0 Å². The molecule has 162 valence electrons. The summed E-state index contributed by atoms with van der Waals surface area (Å²) in [6.07, 6.45) is 3.77. The number of hydrogen-bond donors (Lipinski definition) is 1. The summed E-state index contributed by atoms with van der Waals surface area (Å²) in [6.45, 7) is 6.44. The van der Waals surface area contributed by atoms with E-state index < -0.39 is 5.25 Å². The maximum absolute atomic E-state index is 12.8. The molecule has 0 saturated carbocycles. The van der Waals surface area contributed by atoms with E-state index >= 15 is 0 Å². The molecule has 1 amide bonds. The summed E-state index contributed by atoms with van der Waals surface area (Å²) in [4.78, 5) is 32.6. The van der Waals surface area contributed by atoms with Crippen molar-refractivity contribution in [3.63, 3.8) is 0 Å². The first-order chi connectivity index (χ1) is 15.1. The van der Waals surface area contributed by atoms with Gasteiger partial charge in [-0.25, -0.2) is 4.98 Å². The number of nitrogens with zero attached hydrogens (tertiary/aromatic N) is 3. The number of hydrogen-bond acceptors (Lipinski definition) is 5. The lowest BCUT2D eigenvalue weighted by atomic mass is 10.1. The Morgan fingerprint density at radius 1 is 1.10 bits per heavy atom. The van der Waals surface area contributed by atoms with Crippen LogP contribution in [0.15, 0.2) is 58.5 Å². The van der Waals surface area contributed by atoms with E-state index in [2.05, 4.69) is 27.3 Å². The molecule has 4 rings (SSSR count). The Kier molecular flexibility index (Phi) is 6.61. The van der Waals surface area contributed by atoms with Crippen LogP contribution in [-0.4, -0.2) is 33.8 Å². The molecule has 2 heterocycles. The highest BCUT2D eigenvalue weighted by molar-refractivity contribution is 8.00. The normalized spacial score (nSPS) is 15.1. The summed E-state index contributed by atoms with van der Waals surface area (Å²) in [7, 11) is 0. The van der Waals surface area contributed by atoms with Crippen molar-refractivity contribution in [3.05, 3.63) is 58.9 Å². The smallest absolute Gasteiger partial charge is 0.262 e. The van der Waals surface area contributed by atoms with Crippen LogP contribution in [0.2, 0.25) is 0 Å². The van der Waals surface area contributed by atoms with E-state index in [-0.39, 0.29) is 11.5 Å². The number of thioether (sulfide) groups is 1. The van der Waals surface area contributed by atoms with Crippen molar-refractivity contribution < 1.29 is 4.79 Å². The average molecular weight is 437 g/mol. The topological polar surface area (TPSA) is 67.2 Å². The van der Waals surface area contributed by atoms with Gasteiger partial charge < -0.3 is 10.2 Å². The zero-order chi connectivity index (χ0) is 21.8. The molecule has 0 spiro atoms. The lowest BCUT2D eigenvalue weighted by Crippen LogP contribution is -2.29. The molecular weight excluding hydrogens is 408 g/mol. The van der Waals surface area contributed by atoms with Crippen LogP contribution in [0.25, 0.3) is 10.9 Å². The van der Waals surface area contributed by atoms with Gasteiger partial charge in [-0.1, -0.05) is 23.9 Å². The number of fused-ring (bicyclic) bond motifs is 1. The first kappa shape index (κ1) is 21.4. The molecule has 1 fully saturated rings. The monoisotopic (exact) mass is 436 g/mol. The van der Waals surface area contributed by atoms with Gasteiger partial charge in [0.05, 0.1) is 16.2 Å². The van der Waals surface area contributed by atoms with Gasteiger partial charge in [-0.3, -0.25) is 14.2 Å². The number of aromatic nitrogens is 2. The van der Waals surface area contributed by atoms with Crippen LogP contribution in [0.5, 0.6) is 0 Å². The lowest BCUT2D eigenvalue weighted by molar-refractivity contribution is -0.115. The second kappa shape index (κ2) is 9.56. The molecule has 1 saturated heterocycles. The van der Waals surface area contributed by atoms with Crippen molar-refractivity contribution in [1.82, 2.24) is 9.55 Å². The molecule has 1 N–H and O–H groups in total. The van der Waals surface area contributed by atoms with Crippen molar-refractivity contribution in [2.75, 3.05) is 23.3 Å². The second-order valence-corrected chi connectivity index (χ2v) is 9.11. The van der Waals surface area contributed by atoms with E-state index in [0.717, 1.165) is 18.8 Å². The molecule has 1 aliphatic rings. The fraction of sp³-hybridized carbons (Fsp3) is 0.375. The Labute approximate surface area is 186 Å². The van der Waals surface area contributed by atoms with Gasteiger partial charge in [-0.05, 0) is 69.5 Å². The van der Waals surface area contributed by atoms with Gasteiger partial charge in [-0.2, -0.15) is 0 Å². The van der Waals surface area contributed by atoms with Gasteiger partial charge >= 0.3 is 0 Å². The Morgan fingerprint density at radius 2 is 1.81 bits per heavy atom. The van der Waals surface area contributed by atoms with Gasteiger partial charge in [0.15, 0.2) is 5.16 Å². The lowest BCUT2D eigenvalue weighted by Gasteiger charge is -2.28. The highest BCUT2D eigenvalue weighted by Crippen LogP contribution is 2.25. The van der Waals surface area contributed by atoms with Crippen molar-refractivity contribution in [2.24, 2.45) is 0 Å². The predicted molar refractivity (Wildman–Crippen MR) is 128 cm³/mol. The number of benzene rings is 2. The van der Waals surface area contributed by atoms with E-state index in [1.165, 1.54) is 36.7 Å². The number of carbonyl (C=O) groups is 1. The third-order valence-corrected chi connectivity index (χ3v) is 6.74. The van der Waals surface area contributed by atoms with E-state index in [0.29, 0.717) is 22.6 Å². The van der Waals surface area contributed by atoms with Crippen LogP contribution in [0.1, 0.15) is 33.1 Å². The number of anilines is 2. The average Bonchev–Trinajstić information content (AvgIpc) is 2.80. The first-order valence-electron chi connectivity index (χ1n) is 10.9. The van der Waals surface area contributed by atoms with Gasteiger partial charge in [0, 0.05) is 31.0 Å². The Bertz CT molecular complexity index is 1120. The van der Waals surface area contributed by atoms with Crippen LogP contribution >= 0.6 is 11.8 Å². The minimum absolute atomic E-state index is 0.0727. The van der Waals surface area contributed by atoms with Gasteiger partial charge in [0.1, 0.15) is 0 Å². The molecule has 6 nitrogen and oxygen atoms in total. The summed E-state index contributed by atoms with van der Waals surface area (Å²) >= 11 is 1.31. The minimum atomic E-state index is -0.396. The fourth-order valence-electron chi connectivity index (χ4n) is 3.88. The third kappa shape index (κ3) is 4.77. The quantitative estimate of drug-likeness (QED) is 0.454. The number of para-hydroxylation sites is 1. The zero-order valence-electron chi connectivity index (χ0n) is 18.0. The van der Waals surface area contributed by atoms with Crippen LogP contribution in [-0.2, 0) is 11.3 Å². The number of piperidine rings is 1. The number of rotatable bonds is 6. The summed E-state index contributed by atoms with van der Waals surface area (Å²) < 4.78 is 1.63. The van der Waals surface area contributed by atoms with Crippen LogP contribution in [0.3, 0.4) is 0 Å². The Balaban J connectivity index is 1.46. The molecule has 3 aromatic rings. The molecule has 0 radical (unpaired) electrons. The maximum atomic E-state index is 12.8. The molecule has 1 aromatic heterocycles. The van der Waals surface area contributed by atoms with Crippen molar-refractivity contribution in [2.45, 2.75) is 50.1 Å². The van der Waals surface area contributed by atoms with E-state index in [9.17, 15) is 9.59 Å². The molecule has 1 aliphatic heterocycles.